The van der Waals surface area contributed by atoms with Crippen molar-refractivity contribution in [1.82, 2.24) is 0 Å². The molecule has 0 amide bonds. The number of hydrogen-bond donors (Lipinski definition) is 1. The third-order valence-electron chi connectivity index (χ3n) is 1.36. The Morgan fingerprint density at radius 3 is 2.69 bits per heavy atom. The van der Waals surface area contributed by atoms with E-state index in [1.807, 2.05) is 12.1 Å². The first-order chi connectivity index (χ1) is 6.33. The van der Waals surface area contributed by atoms with Gasteiger partial charge < -0.3 is 10.6 Å². The van der Waals surface area contributed by atoms with E-state index in [-0.39, 0.29) is 0 Å². The van der Waals surface area contributed by atoms with Crippen LogP contribution in [0.25, 0.3) is 0 Å². The summed E-state index contributed by atoms with van der Waals surface area (Å²) in [6.07, 6.45) is 1.62. The van der Waals surface area contributed by atoms with Gasteiger partial charge in [0.05, 0.1) is 6.21 Å². The summed E-state index contributed by atoms with van der Waals surface area (Å²) in [4.78, 5) is 4.83. The molecule has 0 atom stereocenters. The van der Waals surface area contributed by atoms with Crippen LogP contribution in [0.1, 0.15) is 5.56 Å². The van der Waals surface area contributed by atoms with Crippen LogP contribution in [0.3, 0.4) is 0 Å². The van der Waals surface area contributed by atoms with E-state index in [2.05, 4.69) is 5.16 Å². The Morgan fingerprint density at radius 1 is 1.38 bits per heavy atom. The smallest absolute Gasteiger partial charge is 0.129 e. The minimum absolute atomic E-state index is 0.435. The lowest BCUT2D eigenvalue weighted by Crippen LogP contribution is -2.05. The molecule has 4 heteroatoms. The molecule has 1 aromatic carbocycles. The molecule has 2 N–H and O–H groups in total. The first kappa shape index (κ1) is 10.0. The van der Waals surface area contributed by atoms with Crippen molar-refractivity contribution >= 4 is 17.8 Å². The van der Waals surface area contributed by atoms with Gasteiger partial charge in [0.2, 0.25) is 0 Å². The molecule has 0 aliphatic rings. The molecule has 0 heterocycles. The summed E-state index contributed by atoms with van der Waals surface area (Å²) in [7, 11) is 0. The number of benzene rings is 1. The van der Waals surface area contributed by atoms with Gasteiger partial charge in [-0.15, -0.1) is 0 Å². The molecule has 0 bridgehead atoms. The SMILES string of the molecule is NCCON=Cc1ccc(Cl)cc1. The lowest BCUT2D eigenvalue weighted by atomic mass is 10.2. The monoisotopic (exact) mass is 198 g/mol. The van der Waals surface area contributed by atoms with E-state index in [9.17, 15) is 0 Å². The molecule has 0 spiro atoms. The minimum atomic E-state index is 0.435. The molecule has 1 rings (SSSR count). The lowest BCUT2D eigenvalue weighted by Gasteiger charge is -1.94. The van der Waals surface area contributed by atoms with Gasteiger partial charge in [0.25, 0.3) is 0 Å². The maximum absolute atomic E-state index is 5.70. The summed E-state index contributed by atoms with van der Waals surface area (Å²) in [6.45, 7) is 0.905. The van der Waals surface area contributed by atoms with E-state index >= 15 is 0 Å². The van der Waals surface area contributed by atoms with E-state index < -0.39 is 0 Å². The van der Waals surface area contributed by atoms with E-state index in [0.29, 0.717) is 18.2 Å². The topological polar surface area (TPSA) is 47.6 Å². The Balaban J connectivity index is 2.44. The zero-order chi connectivity index (χ0) is 9.52. The second kappa shape index (κ2) is 5.56. The standard InChI is InChI=1S/C9H11ClN2O/c10-9-3-1-8(2-4-9)7-12-13-6-5-11/h1-4,7H,5-6,11H2. The molecule has 0 saturated heterocycles. The fraction of sp³-hybridized carbons (Fsp3) is 0.222. The summed E-state index contributed by atoms with van der Waals surface area (Å²) in [5, 5.41) is 4.42. The van der Waals surface area contributed by atoms with Crippen molar-refractivity contribution in [2.24, 2.45) is 10.9 Å². The lowest BCUT2D eigenvalue weighted by molar-refractivity contribution is 0.154. The number of oxime groups is 1. The zero-order valence-electron chi connectivity index (χ0n) is 7.11. The van der Waals surface area contributed by atoms with Gasteiger partial charge in [0.15, 0.2) is 0 Å². The van der Waals surface area contributed by atoms with Gasteiger partial charge in [-0.3, -0.25) is 0 Å². The molecular formula is C9H11ClN2O. The highest BCUT2D eigenvalue weighted by atomic mass is 35.5. The van der Waals surface area contributed by atoms with Crippen LogP contribution < -0.4 is 5.73 Å². The highest BCUT2D eigenvalue weighted by molar-refractivity contribution is 6.30. The molecule has 1 aromatic rings. The third-order valence-corrected chi connectivity index (χ3v) is 1.61. The van der Waals surface area contributed by atoms with Gasteiger partial charge in [-0.2, -0.15) is 0 Å². The molecule has 3 nitrogen and oxygen atoms in total. The second-order valence-corrected chi connectivity index (χ2v) is 2.84. The van der Waals surface area contributed by atoms with Crippen LogP contribution in [0.5, 0.6) is 0 Å². The van der Waals surface area contributed by atoms with Crippen molar-refractivity contribution in [2.45, 2.75) is 0 Å². The van der Waals surface area contributed by atoms with Crippen LogP contribution in [-0.4, -0.2) is 19.4 Å². The summed E-state index contributed by atoms with van der Waals surface area (Å²) >= 11 is 5.70. The highest BCUT2D eigenvalue weighted by Crippen LogP contribution is 2.07. The largest absolute Gasteiger partial charge is 0.394 e. The fourth-order valence-electron chi connectivity index (χ4n) is 0.752. The van der Waals surface area contributed by atoms with E-state index in [0.717, 1.165) is 5.56 Å². The Morgan fingerprint density at radius 2 is 2.08 bits per heavy atom. The molecule has 0 unspecified atom stereocenters. The normalized spacial score (nSPS) is 10.6. The maximum Gasteiger partial charge on any atom is 0.129 e. The summed E-state index contributed by atoms with van der Waals surface area (Å²) < 4.78 is 0. The third kappa shape index (κ3) is 3.92. The van der Waals surface area contributed by atoms with Crippen molar-refractivity contribution < 1.29 is 4.84 Å². The van der Waals surface area contributed by atoms with Gasteiger partial charge in [0, 0.05) is 11.6 Å². The molecule has 13 heavy (non-hydrogen) atoms. The molecule has 0 aliphatic heterocycles. The average Bonchev–Trinajstić information content (AvgIpc) is 2.15. The van der Waals surface area contributed by atoms with Crippen LogP contribution in [0, 0.1) is 0 Å². The molecule has 70 valence electrons. The Hall–Kier alpha value is -1.06. The number of rotatable bonds is 4. The first-order valence-electron chi connectivity index (χ1n) is 3.94. The average molecular weight is 199 g/mol. The van der Waals surface area contributed by atoms with Crippen LogP contribution in [0.4, 0.5) is 0 Å². The summed E-state index contributed by atoms with van der Waals surface area (Å²) in [5.41, 5.74) is 6.16. The Kier molecular flexibility index (Phi) is 4.29. The van der Waals surface area contributed by atoms with E-state index in [4.69, 9.17) is 22.2 Å². The van der Waals surface area contributed by atoms with Crippen LogP contribution in [0.15, 0.2) is 29.4 Å². The van der Waals surface area contributed by atoms with E-state index in [1.54, 1.807) is 18.3 Å². The predicted octanol–water partition coefficient (Wildman–Crippen LogP) is 1.65. The van der Waals surface area contributed by atoms with Crippen LogP contribution in [-0.2, 0) is 4.84 Å². The van der Waals surface area contributed by atoms with E-state index in [1.165, 1.54) is 0 Å². The van der Waals surface area contributed by atoms with Gasteiger partial charge in [0.1, 0.15) is 6.61 Å². The van der Waals surface area contributed by atoms with Crippen molar-refractivity contribution in [1.29, 1.82) is 0 Å². The molecule has 0 saturated carbocycles. The van der Waals surface area contributed by atoms with Crippen molar-refractivity contribution in [3.8, 4) is 0 Å². The zero-order valence-corrected chi connectivity index (χ0v) is 7.87. The fourth-order valence-corrected chi connectivity index (χ4v) is 0.878. The maximum atomic E-state index is 5.70. The van der Waals surface area contributed by atoms with Crippen LogP contribution >= 0.6 is 11.6 Å². The summed E-state index contributed by atoms with van der Waals surface area (Å²) in [6, 6.07) is 7.31. The molecule has 0 aliphatic carbocycles. The van der Waals surface area contributed by atoms with Gasteiger partial charge >= 0.3 is 0 Å². The van der Waals surface area contributed by atoms with Crippen molar-refractivity contribution in [3.05, 3.63) is 34.9 Å². The summed E-state index contributed by atoms with van der Waals surface area (Å²) in [5.74, 6) is 0. The Bertz CT molecular complexity index is 271. The molecule has 0 aromatic heterocycles. The first-order valence-corrected chi connectivity index (χ1v) is 4.31. The number of hydrogen-bond acceptors (Lipinski definition) is 3. The highest BCUT2D eigenvalue weighted by Gasteiger charge is 1.87. The van der Waals surface area contributed by atoms with Crippen molar-refractivity contribution in [3.63, 3.8) is 0 Å². The molecule has 0 radical (unpaired) electrons. The number of nitrogens with two attached hydrogens (primary N) is 1. The molecule has 0 fully saturated rings. The quantitative estimate of drug-likeness (QED) is 0.454. The predicted molar refractivity (Wildman–Crippen MR) is 54.1 cm³/mol. The number of nitrogens with zero attached hydrogens (tertiary/aromatic N) is 1. The number of halogens is 1. The van der Waals surface area contributed by atoms with Gasteiger partial charge in [-0.25, -0.2) is 0 Å². The van der Waals surface area contributed by atoms with Gasteiger partial charge in [-0.05, 0) is 17.7 Å². The molecular weight excluding hydrogens is 188 g/mol. The second-order valence-electron chi connectivity index (χ2n) is 2.41. The van der Waals surface area contributed by atoms with Crippen molar-refractivity contribution in [2.75, 3.05) is 13.2 Å². The van der Waals surface area contributed by atoms with Crippen LogP contribution in [0.2, 0.25) is 5.02 Å². The Labute approximate surface area is 82.1 Å². The minimum Gasteiger partial charge on any atom is -0.394 e. The van der Waals surface area contributed by atoms with Gasteiger partial charge in [-0.1, -0.05) is 28.9 Å².